The lowest BCUT2D eigenvalue weighted by molar-refractivity contribution is -0.131. The molecule has 2 aromatic carbocycles. The maximum Gasteiger partial charge on any atom is 0.325 e. The number of benzene rings is 2. The van der Waals surface area contributed by atoms with Gasteiger partial charge in [0.1, 0.15) is 10.5 Å². The summed E-state index contributed by atoms with van der Waals surface area (Å²) >= 11 is 1.50. The second-order valence-electron chi connectivity index (χ2n) is 6.32. The second-order valence-corrected chi connectivity index (χ2v) is 7.18. The fourth-order valence-electron chi connectivity index (χ4n) is 3.06. The Morgan fingerprint density at radius 2 is 1.69 bits per heavy atom. The molecule has 26 heavy (non-hydrogen) atoms. The first-order valence-corrected chi connectivity index (χ1v) is 9.15. The summed E-state index contributed by atoms with van der Waals surface area (Å²) in [6, 6.07) is 18.7. The number of imide groups is 1. The molecular weight excluding hydrogens is 346 g/mol. The number of urea groups is 1. The van der Waals surface area contributed by atoms with Crippen LogP contribution in [-0.2, 0) is 16.9 Å². The molecule has 130 valence electrons. The number of amides is 3. The molecule has 4 rings (SSSR count). The van der Waals surface area contributed by atoms with Crippen molar-refractivity contribution < 1.29 is 9.59 Å². The van der Waals surface area contributed by atoms with E-state index >= 15 is 0 Å². The molecule has 1 aromatic heterocycles. The zero-order valence-corrected chi connectivity index (χ0v) is 15.0. The first-order chi connectivity index (χ1) is 12.6. The highest BCUT2D eigenvalue weighted by atomic mass is 32.1. The summed E-state index contributed by atoms with van der Waals surface area (Å²) < 4.78 is 0. The Kier molecular flexibility index (Phi) is 4.05. The van der Waals surface area contributed by atoms with Crippen molar-refractivity contribution in [2.75, 3.05) is 0 Å². The topological polar surface area (TPSA) is 62.3 Å². The molecule has 0 unspecified atom stereocenters. The van der Waals surface area contributed by atoms with Crippen LogP contribution in [0.15, 0.2) is 66.0 Å². The van der Waals surface area contributed by atoms with E-state index in [0.717, 1.165) is 16.1 Å². The normalized spacial score (nSPS) is 19.7. The molecular formula is C20H17N3O2S. The van der Waals surface area contributed by atoms with Gasteiger partial charge >= 0.3 is 6.03 Å². The number of hydrogen-bond acceptors (Lipinski definition) is 4. The maximum absolute atomic E-state index is 12.9. The molecule has 3 amide bonds. The summed E-state index contributed by atoms with van der Waals surface area (Å²) in [7, 11) is 0. The van der Waals surface area contributed by atoms with Gasteiger partial charge in [-0.1, -0.05) is 60.7 Å². The molecule has 0 bridgehead atoms. The van der Waals surface area contributed by atoms with Crippen LogP contribution in [-0.4, -0.2) is 21.8 Å². The van der Waals surface area contributed by atoms with Crippen LogP contribution in [0.5, 0.6) is 0 Å². The van der Waals surface area contributed by atoms with Gasteiger partial charge < -0.3 is 5.32 Å². The first kappa shape index (κ1) is 16.5. The van der Waals surface area contributed by atoms with E-state index in [4.69, 9.17) is 0 Å². The molecule has 3 aromatic rings. The van der Waals surface area contributed by atoms with Gasteiger partial charge in [-0.3, -0.25) is 9.69 Å². The van der Waals surface area contributed by atoms with Gasteiger partial charge in [0, 0.05) is 10.9 Å². The minimum Gasteiger partial charge on any atom is -0.319 e. The van der Waals surface area contributed by atoms with Gasteiger partial charge in [0.05, 0.1) is 12.2 Å². The van der Waals surface area contributed by atoms with Crippen molar-refractivity contribution in [2.45, 2.75) is 19.0 Å². The number of rotatable bonds is 4. The van der Waals surface area contributed by atoms with Crippen molar-refractivity contribution in [3.8, 4) is 10.6 Å². The molecule has 5 nitrogen and oxygen atoms in total. The van der Waals surface area contributed by atoms with Crippen LogP contribution >= 0.6 is 11.3 Å². The molecule has 6 heteroatoms. The van der Waals surface area contributed by atoms with Crippen LogP contribution in [0, 0.1) is 0 Å². The standard InChI is InChI=1S/C20H17N3O2S/c1-20(15-10-6-3-7-11-15)18(24)23(19(25)22-20)12-16-13-26-17(21-16)14-8-4-2-5-9-14/h2-11,13H,12H2,1H3,(H,22,25)/t20-/m0/s1. The number of aromatic nitrogens is 1. The zero-order chi connectivity index (χ0) is 18.1. The van der Waals surface area contributed by atoms with E-state index in [1.54, 1.807) is 6.92 Å². The lowest BCUT2D eigenvalue weighted by Crippen LogP contribution is -2.40. The Labute approximate surface area is 155 Å². The molecule has 0 radical (unpaired) electrons. The van der Waals surface area contributed by atoms with E-state index in [2.05, 4.69) is 10.3 Å². The van der Waals surface area contributed by atoms with Gasteiger partial charge in [-0.15, -0.1) is 11.3 Å². The van der Waals surface area contributed by atoms with Crippen LogP contribution in [0.4, 0.5) is 4.79 Å². The zero-order valence-electron chi connectivity index (χ0n) is 14.2. The quantitative estimate of drug-likeness (QED) is 0.718. The molecule has 1 saturated heterocycles. The summed E-state index contributed by atoms with van der Waals surface area (Å²) in [6.07, 6.45) is 0. The SMILES string of the molecule is C[C@@]1(c2ccccc2)NC(=O)N(Cc2csc(-c3ccccc3)n2)C1=O. The van der Waals surface area contributed by atoms with E-state index in [9.17, 15) is 9.59 Å². The van der Waals surface area contributed by atoms with Crippen molar-refractivity contribution in [1.29, 1.82) is 0 Å². The lowest BCUT2D eigenvalue weighted by Gasteiger charge is -2.21. The van der Waals surface area contributed by atoms with Gasteiger partial charge in [-0.05, 0) is 12.5 Å². The minimum atomic E-state index is -1.05. The Bertz CT molecular complexity index is 955. The third kappa shape index (κ3) is 2.78. The van der Waals surface area contributed by atoms with Crippen molar-refractivity contribution in [3.05, 3.63) is 77.3 Å². The monoisotopic (exact) mass is 363 g/mol. The third-order valence-corrected chi connectivity index (χ3v) is 5.46. The summed E-state index contributed by atoms with van der Waals surface area (Å²) in [6.45, 7) is 1.90. The van der Waals surface area contributed by atoms with Crippen molar-refractivity contribution in [3.63, 3.8) is 0 Å². The van der Waals surface area contributed by atoms with Gasteiger partial charge in [0.2, 0.25) is 0 Å². The highest BCUT2D eigenvalue weighted by Gasteiger charge is 2.48. The van der Waals surface area contributed by atoms with E-state index < -0.39 is 11.6 Å². The Morgan fingerprint density at radius 3 is 2.38 bits per heavy atom. The molecule has 0 saturated carbocycles. The molecule has 1 aliphatic heterocycles. The number of thiazole rings is 1. The van der Waals surface area contributed by atoms with E-state index in [1.165, 1.54) is 16.2 Å². The molecule has 1 aliphatic rings. The summed E-state index contributed by atoms with van der Waals surface area (Å²) in [5, 5.41) is 5.58. The molecule has 1 atom stereocenters. The van der Waals surface area contributed by atoms with Crippen molar-refractivity contribution >= 4 is 23.3 Å². The Hall–Kier alpha value is -2.99. The van der Waals surface area contributed by atoms with Crippen molar-refractivity contribution in [2.24, 2.45) is 0 Å². The molecule has 2 heterocycles. The average molecular weight is 363 g/mol. The summed E-state index contributed by atoms with van der Waals surface area (Å²) in [5.74, 6) is -0.261. The number of carbonyl (C=O) groups is 2. The van der Waals surface area contributed by atoms with Crippen LogP contribution in [0.25, 0.3) is 10.6 Å². The molecule has 1 N–H and O–H groups in total. The van der Waals surface area contributed by atoms with Crippen LogP contribution in [0.1, 0.15) is 18.2 Å². The minimum absolute atomic E-state index is 0.163. The Balaban J connectivity index is 1.57. The van der Waals surface area contributed by atoms with E-state index in [-0.39, 0.29) is 12.5 Å². The predicted octanol–water partition coefficient (Wildman–Crippen LogP) is 3.78. The van der Waals surface area contributed by atoms with E-state index in [1.807, 2.05) is 66.0 Å². The first-order valence-electron chi connectivity index (χ1n) is 8.27. The number of nitrogens with one attached hydrogen (secondary N) is 1. The van der Waals surface area contributed by atoms with E-state index in [0.29, 0.717) is 5.69 Å². The largest absolute Gasteiger partial charge is 0.325 e. The third-order valence-electron chi connectivity index (χ3n) is 4.52. The molecule has 1 fully saturated rings. The van der Waals surface area contributed by atoms with Crippen molar-refractivity contribution in [1.82, 2.24) is 15.2 Å². The van der Waals surface area contributed by atoms with Crippen LogP contribution in [0.2, 0.25) is 0 Å². The fraction of sp³-hybridized carbons (Fsp3) is 0.150. The molecule has 0 spiro atoms. The summed E-state index contributed by atoms with van der Waals surface area (Å²) in [4.78, 5) is 31.2. The second kappa shape index (κ2) is 6.38. The highest BCUT2D eigenvalue weighted by molar-refractivity contribution is 7.13. The van der Waals surface area contributed by atoms with Gasteiger partial charge in [0.15, 0.2) is 0 Å². The van der Waals surface area contributed by atoms with Gasteiger partial charge in [-0.25, -0.2) is 9.78 Å². The highest BCUT2D eigenvalue weighted by Crippen LogP contribution is 2.30. The number of nitrogens with zero attached hydrogens (tertiary/aromatic N) is 2. The van der Waals surface area contributed by atoms with Crippen LogP contribution < -0.4 is 5.32 Å². The van der Waals surface area contributed by atoms with Gasteiger partial charge in [-0.2, -0.15) is 0 Å². The summed E-state index contributed by atoms with van der Waals surface area (Å²) in [5.41, 5.74) is 1.45. The van der Waals surface area contributed by atoms with Crippen LogP contribution in [0.3, 0.4) is 0 Å². The predicted molar refractivity (Wildman–Crippen MR) is 100 cm³/mol. The average Bonchev–Trinajstić information content (AvgIpc) is 3.23. The molecule has 0 aliphatic carbocycles. The lowest BCUT2D eigenvalue weighted by atomic mass is 9.92. The number of hydrogen-bond donors (Lipinski definition) is 1. The fourth-order valence-corrected chi connectivity index (χ4v) is 3.88. The van der Waals surface area contributed by atoms with Gasteiger partial charge in [0.25, 0.3) is 5.91 Å². The Morgan fingerprint density at radius 1 is 1.04 bits per heavy atom. The number of carbonyl (C=O) groups excluding carboxylic acids is 2. The maximum atomic E-state index is 12.9. The smallest absolute Gasteiger partial charge is 0.319 e.